The molecule has 4 heterocycles. The molecule has 1 N–H and O–H groups in total. The standard InChI is InChI=1S/C24H26FN5O2.ClH/c1-15-14-30-24(27-15)22(32-10-9-31-2)13-21(29-30)18-11-17-3-4-20(16-5-7-26-8-6-16)28-23(17)19(25)12-18;/h3-4,11-14,16,26H,5-10H2,1-2H3;1H. The smallest absolute Gasteiger partial charge is 0.196 e. The minimum atomic E-state index is -0.348. The molecular formula is C24H27ClFN5O2. The van der Waals surface area contributed by atoms with Crippen molar-refractivity contribution in [2.75, 3.05) is 33.4 Å². The molecule has 0 aliphatic carbocycles. The molecule has 0 radical (unpaired) electrons. The van der Waals surface area contributed by atoms with E-state index in [9.17, 15) is 0 Å². The van der Waals surface area contributed by atoms with Crippen molar-refractivity contribution in [1.29, 1.82) is 0 Å². The van der Waals surface area contributed by atoms with E-state index in [1.165, 1.54) is 6.07 Å². The molecule has 1 fully saturated rings. The van der Waals surface area contributed by atoms with Gasteiger partial charge in [-0.05, 0) is 51.1 Å². The summed E-state index contributed by atoms with van der Waals surface area (Å²) in [5.41, 5.74) is 4.08. The third-order valence-corrected chi connectivity index (χ3v) is 5.88. The third kappa shape index (κ3) is 4.78. The van der Waals surface area contributed by atoms with Gasteiger partial charge in [0.05, 0.1) is 24.2 Å². The molecule has 1 aliphatic heterocycles. The van der Waals surface area contributed by atoms with E-state index >= 15 is 4.39 Å². The molecule has 5 rings (SSSR count). The lowest BCUT2D eigenvalue weighted by atomic mass is 9.93. The summed E-state index contributed by atoms with van der Waals surface area (Å²) in [6, 6.07) is 9.21. The van der Waals surface area contributed by atoms with E-state index in [2.05, 4.69) is 20.4 Å². The number of nitrogens with one attached hydrogen (secondary N) is 1. The molecule has 9 heteroatoms. The minimum absolute atomic E-state index is 0. The number of hydrogen-bond donors (Lipinski definition) is 1. The van der Waals surface area contributed by atoms with Gasteiger partial charge in [0.15, 0.2) is 11.4 Å². The highest BCUT2D eigenvalue weighted by atomic mass is 35.5. The number of benzene rings is 1. The molecule has 33 heavy (non-hydrogen) atoms. The van der Waals surface area contributed by atoms with Crippen molar-refractivity contribution < 1.29 is 13.9 Å². The molecular weight excluding hydrogens is 445 g/mol. The van der Waals surface area contributed by atoms with Gasteiger partial charge in [0.2, 0.25) is 0 Å². The number of rotatable bonds is 6. The van der Waals surface area contributed by atoms with E-state index in [4.69, 9.17) is 9.47 Å². The molecule has 3 aromatic heterocycles. The van der Waals surface area contributed by atoms with Gasteiger partial charge in [0.1, 0.15) is 17.9 Å². The van der Waals surface area contributed by atoms with Crippen LogP contribution in [0.15, 0.2) is 36.5 Å². The van der Waals surface area contributed by atoms with Gasteiger partial charge in [-0.1, -0.05) is 6.07 Å². The molecule has 0 unspecified atom stereocenters. The molecule has 0 spiro atoms. The van der Waals surface area contributed by atoms with Crippen molar-refractivity contribution in [2.45, 2.75) is 25.7 Å². The van der Waals surface area contributed by atoms with Crippen LogP contribution in [0.5, 0.6) is 5.75 Å². The topological polar surface area (TPSA) is 73.6 Å². The Balaban J connectivity index is 0.00000259. The summed E-state index contributed by atoms with van der Waals surface area (Å²) in [7, 11) is 1.62. The van der Waals surface area contributed by atoms with Crippen LogP contribution < -0.4 is 10.1 Å². The van der Waals surface area contributed by atoms with Gasteiger partial charge < -0.3 is 14.8 Å². The maximum atomic E-state index is 15.2. The summed E-state index contributed by atoms with van der Waals surface area (Å²) in [4.78, 5) is 9.17. The predicted molar refractivity (Wildman–Crippen MR) is 128 cm³/mol. The van der Waals surface area contributed by atoms with Crippen molar-refractivity contribution >= 4 is 29.0 Å². The average Bonchev–Trinajstić information content (AvgIpc) is 3.20. The van der Waals surface area contributed by atoms with E-state index in [1.807, 2.05) is 31.3 Å². The molecule has 1 aromatic carbocycles. The van der Waals surface area contributed by atoms with Crippen molar-refractivity contribution in [2.24, 2.45) is 0 Å². The quantitative estimate of drug-likeness (QED) is 0.422. The van der Waals surface area contributed by atoms with Gasteiger partial charge in [-0.3, -0.25) is 0 Å². The number of ether oxygens (including phenoxy) is 2. The molecule has 4 aromatic rings. The van der Waals surface area contributed by atoms with Gasteiger partial charge in [0.25, 0.3) is 0 Å². The Kier molecular flexibility index (Phi) is 7.07. The number of aromatic nitrogens is 4. The lowest BCUT2D eigenvalue weighted by Crippen LogP contribution is -2.27. The summed E-state index contributed by atoms with van der Waals surface area (Å²) in [5, 5.41) is 8.76. The Bertz CT molecular complexity index is 1270. The lowest BCUT2D eigenvalue weighted by molar-refractivity contribution is 0.147. The van der Waals surface area contributed by atoms with Gasteiger partial charge in [-0.15, -0.1) is 12.4 Å². The SMILES string of the molecule is COCCOc1cc(-c2cc(F)c3nc(C4CCNCC4)ccc3c2)nn2cc(C)nc12.Cl. The van der Waals surface area contributed by atoms with Crippen LogP contribution in [0.2, 0.25) is 0 Å². The molecule has 0 bridgehead atoms. The van der Waals surface area contributed by atoms with Crippen LogP contribution in [0.25, 0.3) is 27.8 Å². The fourth-order valence-corrected chi connectivity index (χ4v) is 4.25. The lowest BCUT2D eigenvalue weighted by Gasteiger charge is -2.22. The number of imidazole rings is 1. The number of methoxy groups -OCH3 is 1. The first-order valence-electron chi connectivity index (χ1n) is 10.9. The first kappa shape index (κ1) is 23.4. The average molecular weight is 472 g/mol. The number of halogens is 2. The minimum Gasteiger partial charge on any atom is -0.487 e. The Hall–Kier alpha value is -2.81. The highest BCUT2D eigenvalue weighted by molar-refractivity contribution is 5.85. The third-order valence-electron chi connectivity index (χ3n) is 5.88. The van der Waals surface area contributed by atoms with Gasteiger partial charge in [-0.2, -0.15) is 5.10 Å². The van der Waals surface area contributed by atoms with E-state index in [0.717, 1.165) is 42.7 Å². The summed E-state index contributed by atoms with van der Waals surface area (Å²) in [6.45, 7) is 4.69. The fraction of sp³-hybridized carbons (Fsp3) is 0.375. The fourth-order valence-electron chi connectivity index (χ4n) is 4.25. The van der Waals surface area contributed by atoms with Crippen LogP contribution in [0.1, 0.15) is 30.1 Å². The highest BCUT2D eigenvalue weighted by Gasteiger charge is 2.19. The summed E-state index contributed by atoms with van der Waals surface area (Å²) in [6.07, 6.45) is 3.88. The molecule has 0 amide bonds. The van der Waals surface area contributed by atoms with Crippen LogP contribution >= 0.6 is 12.4 Å². The Labute approximate surface area is 197 Å². The first-order valence-corrected chi connectivity index (χ1v) is 10.9. The maximum Gasteiger partial charge on any atom is 0.196 e. The van der Waals surface area contributed by atoms with Gasteiger partial charge in [0, 0.05) is 35.7 Å². The van der Waals surface area contributed by atoms with Crippen LogP contribution in [-0.4, -0.2) is 53.0 Å². The zero-order chi connectivity index (χ0) is 22.1. The van der Waals surface area contributed by atoms with E-state index < -0.39 is 0 Å². The highest BCUT2D eigenvalue weighted by Crippen LogP contribution is 2.31. The summed E-state index contributed by atoms with van der Waals surface area (Å²) >= 11 is 0. The molecule has 0 atom stereocenters. The van der Waals surface area contributed by atoms with Crippen molar-refractivity contribution in [3.8, 4) is 17.0 Å². The molecule has 174 valence electrons. The Morgan fingerprint density at radius 1 is 1.12 bits per heavy atom. The number of nitrogens with zero attached hydrogens (tertiary/aromatic N) is 4. The van der Waals surface area contributed by atoms with Crippen LogP contribution in [0.4, 0.5) is 4.39 Å². The summed E-state index contributed by atoms with van der Waals surface area (Å²) in [5.74, 6) is 0.610. The van der Waals surface area contributed by atoms with Crippen molar-refractivity contribution in [3.63, 3.8) is 0 Å². The van der Waals surface area contributed by atoms with E-state index in [1.54, 1.807) is 17.7 Å². The normalized spacial score (nSPS) is 14.5. The number of hydrogen-bond acceptors (Lipinski definition) is 6. The van der Waals surface area contributed by atoms with Crippen LogP contribution in [0, 0.1) is 12.7 Å². The van der Waals surface area contributed by atoms with E-state index in [0.29, 0.717) is 47.3 Å². The Morgan fingerprint density at radius 2 is 1.94 bits per heavy atom. The number of pyridine rings is 1. The maximum absolute atomic E-state index is 15.2. The van der Waals surface area contributed by atoms with Gasteiger partial charge in [-0.25, -0.2) is 18.9 Å². The first-order chi connectivity index (χ1) is 15.6. The largest absolute Gasteiger partial charge is 0.487 e. The van der Waals surface area contributed by atoms with Gasteiger partial charge >= 0.3 is 0 Å². The monoisotopic (exact) mass is 471 g/mol. The van der Waals surface area contributed by atoms with Crippen molar-refractivity contribution in [1.82, 2.24) is 24.9 Å². The second-order valence-corrected chi connectivity index (χ2v) is 8.18. The second kappa shape index (κ2) is 9.99. The molecule has 1 aliphatic rings. The molecule has 1 saturated heterocycles. The predicted octanol–water partition coefficient (Wildman–Crippen LogP) is 4.31. The summed E-state index contributed by atoms with van der Waals surface area (Å²) < 4.78 is 27.8. The molecule has 7 nitrogen and oxygen atoms in total. The molecule has 0 saturated carbocycles. The number of fused-ring (bicyclic) bond motifs is 2. The Morgan fingerprint density at radius 3 is 2.73 bits per heavy atom. The number of piperidine rings is 1. The van der Waals surface area contributed by atoms with E-state index in [-0.39, 0.29) is 18.2 Å². The zero-order valence-electron chi connectivity index (χ0n) is 18.7. The second-order valence-electron chi connectivity index (χ2n) is 8.18. The van der Waals surface area contributed by atoms with Crippen LogP contribution in [-0.2, 0) is 4.74 Å². The zero-order valence-corrected chi connectivity index (χ0v) is 19.5. The van der Waals surface area contributed by atoms with Crippen molar-refractivity contribution in [3.05, 3.63) is 53.7 Å². The van der Waals surface area contributed by atoms with Crippen LogP contribution in [0.3, 0.4) is 0 Å². The number of aryl methyl sites for hydroxylation is 1.